The van der Waals surface area contributed by atoms with Crippen molar-refractivity contribution in [3.05, 3.63) is 64.7 Å². The van der Waals surface area contributed by atoms with Crippen molar-refractivity contribution in [3.63, 3.8) is 0 Å². The molecule has 1 aliphatic heterocycles. The molecule has 32 heavy (non-hydrogen) atoms. The van der Waals surface area contributed by atoms with Gasteiger partial charge in [-0.2, -0.15) is 4.31 Å². The zero-order valence-corrected chi connectivity index (χ0v) is 17.9. The Bertz CT molecular complexity index is 1290. The highest BCUT2D eigenvalue weighted by Crippen LogP contribution is 2.29. The van der Waals surface area contributed by atoms with Crippen LogP contribution in [-0.4, -0.2) is 51.5 Å². The molecular weight excluding hydrogens is 438 g/mol. The minimum absolute atomic E-state index is 0.0923. The molecule has 0 bridgehead atoms. The number of rotatable bonds is 5. The van der Waals surface area contributed by atoms with Crippen LogP contribution in [0.5, 0.6) is 5.75 Å². The van der Waals surface area contributed by atoms with E-state index in [9.17, 15) is 23.1 Å². The van der Waals surface area contributed by atoms with Crippen LogP contribution in [0, 0.1) is 0 Å². The number of aromatic nitrogens is 3. The van der Waals surface area contributed by atoms with Gasteiger partial charge in [0.2, 0.25) is 15.8 Å². The third-order valence-electron chi connectivity index (χ3n) is 5.34. The minimum atomic E-state index is -3.72. The molecule has 1 unspecified atom stereocenters. The fourth-order valence-electron chi connectivity index (χ4n) is 3.70. The first-order chi connectivity index (χ1) is 15.3. The highest BCUT2D eigenvalue weighted by molar-refractivity contribution is 7.89. The van der Waals surface area contributed by atoms with Crippen LogP contribution in [0.4, 0.5) is 5.69 Å². The fourth-order valence-corrected chi connectivity index (χ4v) is 5.24. The van der Waals surface area contributed by atoms with Crippen LogP contribution in [0.3, 0.4) is 0 Å². The summed E-state index contributed by atoms with van der Waals surface area (Å²) in [5, 5.41) is 16.1. The van der Waals surface area contributed by atoms with E-state index in [1.165, 1.54) is 35.9 Å². The molecule has 0 radical (unpaired) electrons. The van der Waals surface area contributed by atoms with E-state index in [0.29, 0.717) is 19.4 Å². The highest BCUT2D eigenvalue weighted by atomic mass is 32.2. The maximum absolute atomic E-state index is 13.0. The van der Waals surface area contributed by atoms with Gasteiger partial charge in [-0.05, 0) is 25.0 Å². The first-order valence-corrected chi connectivity index (χ1v) is 11.3. The van der Waals surface area contributed by atoms with Crippen molar-refractivity contribution in [3.8, 4) is 5.75 Å². The topological polar surface area (TPSA) is 148 Å². The first kappa shape index (κ1) is 21.7. The molecule has 1 fully saturated rings. The summed E-state index contributed by atoms with van der Waals surface area (Å²) >= 11 is 0. The molecule has 0 saturated carbocycles. The van der Waals surface area contributed by atoms with Crippen LogP contribution in [-0.2, 0) is 17.1 Å². The van der Waals surface area contributed by atoms with Crippen molar-refractivity contribution in [1.29, 1.82) is 0 Å². The molecule has 168 valence electrons. The molecule has 12 heteroatoms. The third kappa shape index (κ3) is 4.01. The van der Waals surface area contributed by atoms with Gasteiger partial charge in [0, 0.05) is 26.1 Å². The van der Waals surface area contributed by atoms with Crippen molar-refractivity contribution >= 4 is 21.6 Å². The zero-order valence-electron chi connectivity index (χ0n) is 17.1. The molecule has 4 rings (SSSR count). The van der Waals surface area contributed by atoms with Gasteiger partial charge in [0.25, 0.3) is 11.5 Å². The molecule has 0 spiro atoms. The van der Waals surface area contributed by atoms with Crippen LogP contribution in [0.2, 0.25) is 0 Å². The van der Waals surface area contributed by atoms with Gasteiger partial charge in [-0.1, -0.05) is 23.4 Å². The van der Waals surface area contributed by atoms with E-state index in [0.717, 1.165) is 4.57 Å². The maximum Gasteiger partial charge on any atom is 0.296 e. The minimum Gasteiger partial charge on any atom is -0.501 e. The Hall–Kier alpha value is -3.51. The van der Waals surface area contributed by atoms with Gasteiger partial charge in [-0.25, -0.2) is 13.4 Å². The summed E-state index contributed by atoms with van der Waals surface area (Å²) in [6.07, 6.45) is 3.56. The summed E-state index contributed by atoms with van der Waals surface area (Å²) in [5.74, 6) is -1.83. The van der Waals surface area contributed by atoms with Crippen LogP contribution in [0.1, 0.15) is 35.1 Å². The van der Waals surface area contributed by atoms with Crippen LogP contribution < -0.4 is 10.9 Å². The molecule has 1 aromatic carbocycles. The van der Waals surface area contributed by atoms with Gasteiger partial charge >= 0.3 is 0 Å². The van der Waals surface area contributed by atoms with E-state index >= 15 is 0 Å². The molecule has 1 atom stereocenters. The Morgan fingerprint density at radius 1 is 1.28 bits per heavy atom. The SMILES string of the molecule is Cn1c(C2CCCN(S(=O)(=O)c3ccccc3)C2)nc(C(=O)Nc2cnoc2)c(O)c1=O. The number of nitrogens with zero attached hydrogens (tertiary/aromatic N) is 4. The molecule has 1 amide bonds. The van der Waals surface area contributed by atoms with Crippen LogP contribution in [0.15, 0.2) is 57.0 Å². The molecule has 3 heterocycles. The summed E-state index contributed by atoms with van der Waals surface area (Å²) in [7, 11) is -2.30. The molecule has 0 aliphatic carbocycles. The number of aromatic hydroxyl groups is 1. The van der Waals surface area contributed by atoms with Crippen molar-refractivity contribution < 1.29 is 22.8 Å². The number of anilines is 1. The molecule has 1 aliphatic rings. The number of amides is 1. The second-order valence-corrected chi connectivity index (χ2v) is 9.35. The third-order valence-corrected chi connectivity index (χ3v) is 7.22. The standard InChI is InChI=1S/C20H21N5O6S/c1-24-18(23-16(17(26)20(24)28)19(27)22-14-10-21-31-12-14)13-6-5-9-25(11-13)32(29,30)15-7-3-2-4-8-15/h2-4,7-8,10,12-13,26H,5-6,9,11H2,1H3,(H,22,27). The highest BCUT2D eigenvalue weighted by Gasteiger charge is 2.33. The molecule has 11 nitrogen and oxygen atoms in total. The number of hydrogen-bond acceptors (Lipinski definition) is 8. The van der Waals surface area contributed by atoms with E-state index in [-0.39, 0.29) is 23.0 Å². The monoisotopic (exact) mass is 459 g/mol. The lowest BCUT2D eigenvalue weighted by molar-refractivity contribution is 0.101. The van der Waals surface area contributed by atoms with Gasteiger partial charge in [-0.15, -0.1) is 0 Å². The number of carbonyl (C=O) groups excluding carboxylic acids is 1. The second-order valence-electron chi connectivity index (χ2n) is 7.41. The number of carbonyl (C=O) groups is 1. The lowest BCUT2D eigenvalue weighted by Gasteiger charge is -2.32. The maximum atomic E-state index is 13.0. The van der Waals surface area contributed by atoms with E-state index in [2.05, 4.69) is 20.0 Å². The second kappa shape index (κ2) is 8.55. The summed E-state index contributed by atoms with van der Waals surface area (Å²) in [5.41, 5.74) is -1.02. The molecule has 2 aromatic heterocycles. The first-order valence-electron chi connectivity index (χ1n) is 9.85. The van der Waals surface area contributed by atoms with Gasteiger partial charge in [0.15, 0.2) is 5.69 Å². The Kier molecular flexibility index (Phi) is 5.80. The Morgan fingerprint density at radius 2 is 2.03 bits per heavy atom. The Labute approximate surface area is 183 Å². The van der Waals surface area contributed by atoms with E-state index in [1.807, 2.05) is 0 Å². The predicted octanol–water partition coefficient (Wildman–Crippen LogP) is 1.29. The van der Waals surface area contributed by atoms with Crippen molar-refractivity contribution in [2.24, 2.45) is 7.05 Å². The average molecular weight is 459 g/mol. The number of piperidine rings is 1. The van der Waals surface area contributed by atoms with Crippen molar-refractivity contribution in [2.75, 3.05) is 18.4 Å². The van der Waals surface area contributed by atoms with Crippen LogP contribution >= 0.6 is 0 Å². The quantitative estimate of drug-likeness (QED) is 0.580. The Morgan fingerprint density at radius 3 is 2.72 bits per heavy atom. The number of sulfonamides is 1. The van der Waals surface area contributed by atoms with Crippen molar-refractivity contribution in [2.45, 2.75) is 23.7 Å². The molecule has 2 N–H and O–H groups in total. The molecular formula is C20H21N5O6S. The predicted molar refractivity (Wildman–Crippen MR) is 113 cm³/mol. The van der Waals surface area contributed by atoms with Gasteiger partial charge < -0.3 is 14.9 Å². The number of hydrogen-bond donors (Lipinski definition) is 2. The largest absolute Gasteiger partial charge is 0.501 e. The fraction of sp³-hybridized carbons (Fsp3) is 0.300. The summed E-state index contributed by atoms with van der Waals surface area (Å²) in [6.45, 7) is 0.426. The number of benzene rings is 1. The summed E-state index contributed by atoms with van der Waals surface area (Å²) in [6, 6.07) is 8.10. The van der Waals surface area contributed by atoms with Crippen molar-refractivity contribution in [1.82, 2.24) is 19.0 Å². The summed E-state index contributed by atoms with van der Waals surface area (Å²) in [4.78, 5) is 29.6. The lowest BCUT2D eigenvalue weighted by Crippen LogP contribution is -2.41. The zero-order chi connectivity index (χ0) is 22.9. The van der Waals surface area contributed by atoms with E-state index < -0.39 is 38.9 Å². The van der Waals surface area contributed by atoms with E-state index in [4.69, 9.17) is 0 Å². The lowest BCUT2D eigenvalue weighted by atomic mass is 9.98. The van der Waals surface area contributed by atoms with Crippen LogP contribution in [0.25, 0.3) is 0 Å². The average Bonchev–Trinajstić information content (AvgIpc) is 3.31. The smallest absolute Gasteiger partial charge is 0.296 e. The Balaban J connectivity index is 1.66. The molecule has 3 aromatic rings. The number of nitrogens with one attached hydrogen (secondary N) is 1. The summed E-state index contributed by atoms with van der Waals surface area (Å²) < 4.78 is 33.2. The normalized spacial score (nSPS) is 17.2. The van der Waals surface area contributed by atoms with Gasteiger partial charge in [0.1, 0.15) is 17.8 Å². The van der Waals surface area contributed by atoms with E-state index in [1.54, 1.807) is 18.2 Å². The van der Waals surface area contributed by atoms with Gasteiger partial charge in [-0.3, -0.25) is 14.2 Å². The molecule has 1 saturated heterocycles. The van der Waals surface area contributed by atoms with Gasteiger partial charge in [0.05, 0.1) is 11.1 Å².